The van der Waals surface area contributed by atoms with Crippen LogP contribution in [0.4, 0.5) is 0 Å². The Labute approximate surface area is 86.4 Å². The molecule has 0 aliphatic carbocycles. The quantitative estimate of drug-likeness (QED) is 0.592. The molecule has 3 aliphatic rings. The Balaban J connectivity index is 1.51. The van der Waals surface area contributed by atoms with E-state index in [1.807, 2.05) is 0 Å². The van der Waals surface area contributed by atoms with Crippen LogP contribution >= 0.6 is 0 Å². The molecule has 3 heteroatoms. The van der Waals surface area contributed by atoms with Gasteiger partial charge in [0, 0.05) is 32.7 Å². The zero-order chi connectivity index (χ0) is 9.54. The molecule has 0 radical (unpaired) electrons. The van der Waals surface area contributed by atoms with E-state index in [0.29, 0.717) is 0 Å². The van der Waals surface area contributed by atoms with E-state index < -0.39 is 0 Å². The third kappa shape index (κ3) is 1.58. The van der Waals surface area contributed by atoms with Crippen LogP contribution < -0.4 is 5.32 Å². The van der Waals surface area contributed by atoms with Crippen molar-refractivity contribution in [2.24, 2.45) is 17.8 Å². The van der Waals surface area contributed by atoms with Crippen molar-refractivity contribution >= 4 is 0 Å². The zero-order valence-electron chi connectivity index (χ0n) is 9.15. The highest BCUT2D eigenvalue weighted by atomic mass is 15.2. The fourth-order valence-corrected chi connectivity index (χ4v) is 3.39. The van der Waals surface area contributed by atoms with Gasteiger partial charge in [0.1, 0.15) is 0 Å². The highest BCUT2D eigenvalue weighted by Gasteiger charge is 2.39. The van der Waals surface area contributed by atoms with Gasteiger partial charge in [-0.15, -0.1) is 0 Å². The number of quaternary nitrogens is 1. The lowest BCUT2D eigenvalue weighted by Gasteiger charge is -2.28. The molecule has 3 aliphatic heterocycles. The fourth-order valence-electron chi connectivity index (χ4n) is 3.39. The monoisotopic (exact) mass is 196 g/mol. The Morgan fingerprint density at radius 2 is 1.71 bits per heavy atom. The van der Waals surface area contributed by atoms with Crippen molar-refractivity contribution in [3.63, 3.8) is 0 Å². The van der Waals surface area contributed by atoms with Gasteiger partial charge in [-0.1, -0.05) is 0 Å². The Kier molecular flexibility index (Phi) is 2.26. The van der Waals surface area contributed by atoms with E-state index in [9.17, 15) is 0 Å². The second-order valence-electron chi connectivity index (χ2n) is 5.59. The Bertz CT molecular complexity index is 201. The third-order valence-electron chi connectivity index (χ3n) is 4.26. The first kappa shape index (κ1) is 9.13. The van der Waals surface area contributed by atoms with Crippen molar-refractivity contribution in [3.8, 4) is 0 Å². The summed E-state index contributed by atoms with van der Waals surface area (Å²) >= 11 is 0. The molecule has 3 rings (SSSR count). The number of nitrogens with two attached hydrogens (primary N) is 1. The molecule has 80 valence electrons. The van der Waals surface area contributed by atoms with Crippen LogP contribution in [0.3, 0.4) is 0 Å². The lowest BCUT2D eigenvalue weighted by Crippen LogP contribution is -2.97. The largest absolute Gasteiger partial charge is 0.345 e. The molecule has 0 aromatic rings. The number of hydrogen-bond donors (Lipinski definition) is 1. The summed E-state index contributed by atoms with van der Waals surface area (Å²) in [7, 11) is 2.27. The lowest BCUT2D eigenvalue weighted by molar-refractivity contribution is -0.722. The van der Waals surface area contributed by atoms with E-state index in [4.69, 9.17) is 0 Å². The average molecular weight is 196 g/mol. The van der Waals surface area contributed by atoms with Crippen LogP contribution in [0.25, 0.3) is 0 Å². The Morgan fingerprint density at radius 1 is 1.07 bits per heavy atom. The summed E-state index contributed by atoms with van der Waals surface area (Å²) in [5.41, 5.74) is 0. The molecule has 0 aromatic heterocycles. The maximum atomic E-state index is 2.72. The SMILES string of the molecule is CN1C[C@@H]2CN(CC3C[NH2+]C3)C[C@@H]2C1. The summed E-state index contributed by atoms with van der Waals surface area (Å²) in [5.74, 6) is 2.99. The molecule has 0 bridgehead atoms. The van der Waals surface area contributed by atoms with Crippen LogP contribution in [0.5, 0.6) is 0 Å². The molecule has 0 aromatic carbocycles. The van der Waals surface area contributed by atoms with Gasteiger partial charge in [-0.25, -0.2) is 0 Å². The number of fused-ring (bicyclic) bond motifs is 1. The van der Waals surface area contributed by atoms with Gasteiger partial charge in [0.05, 0.1) is 19.0 Å². The maximum absolute atomic E-state index is 2.72. The predicted molar refractivity (Wildman–Crippen MR) is 56.1 cm³/mol. The molecule has 0 amide bonds. The van der Waals surface area contributed by atoms with Crippen LogP contribution in [-0.4, -0.2) is 62.7 Å². The minimum atomic E-state index is 0.990. The van der Waals surface area contributed by atoms with Gasteiger partial charge in [0.2, 0.25) is 0 Å². The van der Waals surface area contributed by atoms with Crippen molar-refractivity contribution in [1.29, 1.82) is 0 Å². The van der Waals surface area contributed by atoms with Crippen LogP contribution in [0.2, 0.25) is 0 Å². The topological polar surface area (TPSA) is 23.1 Å². The minimum Gasteiger partial charge on any atom is -0.345 e. The fraction of sp³-hybridized carbons (Fsp3) is 1.00. The zero-order valence-corrected chi connectivity index (χ0v) is 9.15. The number of likely N-dealkylation sites (tertiary alicyclic amines) is 2. The molecule has 2 N–H and O–H groups in total. The molecule has 3 heterocycles. The lowest BCUT2D eigenvalue weighted by atomic mass is 10.0. The maximum Gasteiger partial charge on any atom is 0.0851 e. The standard InChI is InChI=1S/C11H21N3/c1-13-5-10-7-14(8-11(10)6-13)4-9-2-12-3-9/h9-12H,2-8H2,1H3/p+1/t10-,11+. The third-order valence-corrected chi connectivity index (χ3v) is 4.26. The van der Waals surface area contributed by atoms with Gasteiger partial charge < -0.3 is 15.1 Å². The van der Waals surface area contributed by atoms with Gasteiger partial charge >= 0.3 is 0 Å². The molecule has 0 unspecified atom stereocenters. The van der Waals surface area contributed by atoms with E-state index >= 15 is 0 Å². The van der Waals surface area contributed by atoms with E-state index in [-0.39, 0.29) is 0 Å². The Hall–Kier alpha value is -0.120. The molecular weight excluding hydrogens is 174 g/mol. The van der Waals surface area contributed by atoms with E-state index in [1.165, 1.54) is 45.8 Å². The van der Waals surface area contributed by atoms with Crippen molar-refractivity contribution in [2.45, 2.75) is 0 Å². The van der Waals surface area contributed by atoms with Crippen molar-refractivity contribution in [2.75, 3.05) is 52.9 Å². The first-order valence-corrected chi connectivity index (χ1v) is 6.04. The van der Waals surface area contributed by atoms with Gasteiger partial charge in [-0.2, -0.15) is 0 Å². The molecule has 0 saturated carbocycles. The highest BCUT2D eigenvalue weighted by Crippen LogP contribution is 2.30. The van der Waals surface area contributed by atoms with Crippen LogP contribution in [0, 0.1) is 17.8 Å². The first-order chi connectivity index (χ1) is 6.81. The van der Waals surface area contributed by atoms with Crippen LogP contribution in [-0.2, 0) is 0 Å². The molecule has 0 spiro atoms. The van der Waals surface area contributed by atoms with E-state index in [1.54, 1.807) is 0 Å². The first-order valence-electron chi connectivity index (χ1n) is 6.04. The normalized spacial score (nSPS) is 40.1. The van der Waals surface area contributed by atoms with Crippen LogP contribution in [0.15, 0.2) is 0 Å². The summed E-state index contributed by atoms with van der Waals surface area (Å²) in [4.78, 5) is 5.23. The Morgan fingerprint density at radius 3 is 2.21 bits per heavy atom. The second kappa shape index (κ2) is 3.47. The summed E-state index contributed by atoms with van der Waals surface area (Å²) in [6.07, 6.45) is 0. The molecule has 2 atom stereocenters. The summed E-state index contributed by atoms with van der Waals surface area (Å²) in [5, 5.41) is 2.43. The molecule has 3 nitrogen and oxygen atoms in total. The van der Waals surface area contributed by atoms with Gasteiger partial charge in [-0.05, 0) is 18.9 Å². The molecule has 3 saturated heterocycles. The average Bonchev–Trinajstić information content (AvgIpc) is 2.53. The van der Waals surface area contributed by atoms with E-state index in [0.717, 1.165) is 17.8 Å². The smallest absolute Gasteiger partial charge is 0.0851 e. The van der Waals surface area contributed by atoms with Crippen molar-refractivity contribution < 1.29 is 5.32 Å². The summed E-state index contributed by atoms with van der Waals surface area (Å²) in [6, 6.07) is 0. The number of rotatable bonds is 2. The summed E-state index contributed by atoms with van der Waals surface area (Å²) < 4.78 is 0. The number of nitrogens with zero attached hydrogens (tertiary/aromatic N) is 2. The van der Waals surface area contributed by atoms with Crippen molar-refractivity contribution in [1.82, 2.24) is 9.80 Å². The van der Waals surface area contributed by atoms with Crippen LogP contribution in [0.1, 0.15) is 0 Å². The van der Waals surface area contributed by atoms with E-state index in [2.05, 4.69) is 22.2 Å². The second-order valence-corrected chi connectivity index (χ2v) is 5.59. The van der Waals surface area contributed by atoms with Gasteiger partial charge in [0.25, 0.3) is 0 Å². The molecule has 14 heavy (non-hydrogen) atoms. The highest BCUT2D eigenvalue weighted by molar-refractivity contribution is 4.92. The van der Waals surface area contributed by atoms with Gasteiger partial charge in [-0.3, -0.25) is 0 Å². The minimum absolute atomic E-state index is 0.990. The molecule has 3 fully saturated rings. The van der Waals surface area contributed by atoms with Crippen molar-refractivity contribution in [3.05, 3.63) is 0 Å². The predicted octanol–water partition coefficient (Wildman–Crippen LogP) is -1.33. The van der Waals surface area contributed by atoms with Gasteiger partial charge in [0.15, 0.2) is 0 Å². The summed E-state index contributed by atoms with van der Waals surface area (Å²) in [6.45, 7) is 9.59. The molecular formula is C11H22N3+. The number of hydrogen-bond acceptors (Lipinski definition) is 2.